The van der Waals surface area contributed by atoms with Gasteiger partial charge in [0.2, 0.25) is 0 Å². The van der Waals surface area contributed by atoms with Gasteiger partial charge in [0.15, 0.2) is 11.6 Å². The topological polar surface area (TPSA) is 66.4 Å². The fourth-order valence-electron chi connectivity index (χ4n) is 0.829. The van der Waals surface area contributed by atoms with Gasteiger partial charge in [-0.2, -0.15) is 0 Å². The molecule has 80 valence electrons. The van der Waals surface area contributed by atoms with Crippen LogP contribution in [-0.4, -0.2) is 17.0 Å². The minimum Gasteiger partial charge on any atom is -0.474 e. The second-order valence-electron chi connectivity index (χ2n) is 2.50. The molecule has 0 fully saturated rings. The highest BCUT2D eigenvalue weighted by atomic mass is 79.9. The summed E-state index contributed by atoms with van der Waals surface area (Å²) in [6.45, 7) is 0. The van der Waals surface area contributed by atoms with Crippen molar-refractivity contribution in [1.29, 1.82) is 0 Å². The number of nitrogens with one attached hydrogen (secondary N) is 1. The van der Waals surface area contributed by atoms with Gasteiger partial charge in [-0.15, -0.1) is 0 Å². The zero-order valence-corrected chi connectivity index (χ0v) is 8.64. The van der Waals surface area contributed by atoms with E-state index in [1.54, 1.807) is 5.32 Å². The molecule has 0 atom stereocenters. The molecule has 0 spiro atoms. The van der Waals surface area contributed by atoms with Crippen LogP contribution in [0.25, 0.3) is 0 Å². The van der Waals surface area contributed by atoms with Gasteiger partial charge in [-0.3, -0.25) is 4.79 Å². The third-order valence-corrected chi connectivity index (χ3v) is 1.90. The number of carbonyl (C=O) groups is 2. The van der Waals surface area contributed by atoms with Crippen LogP contribution in [0.5, 0.6) is 0 Å². The van der Waals surface area contributed by atoms with Crippen LogP contribution in [0.1, 0.15) is 0 Å². The Morgan fingerprint density at radius 3 is 2.13 bits per heavy atom. The van der Waals surface area contributed by atoms with Crippen molar-refractivity contribution >= 4 is 33.5 Å². The number of anilines is 1. The van der Waals surface area contributed by atoms with Crippen molar-refractivity contribution < 1.29 is 23.5 Å². The van der Waals surface area contributed by atoms with Gasteiger partial charge in [-0.05, 0) is 12.1 Å². The first-order valence-corrected chi connectivity index (χ1v) is 4.40. The number of carboxylic acids is 1. The Bertz CT molecular complexity index is 413. The summed E-state index contributed by atoms with van der Waals surface area (Å²) in [7, 11) is 0. The quantitative estimate of drug-likeness (QED) is 0.770. The molecule has 0 aromatic heterocycles. The number of benzene rings is 1. The molecule has 4 nitrogen and oxygen atoms in total. The van der Waals surface area contributed by atoms with Crippen molar-refractivity contribution in [3.63, 3.8) is 0 Å². The SMILES string of the molecule is O=C(O)C(=O)Nc1c(F)cc(Br)cc1F. The normalized spacial score (nSPS) is 9.80. The molecule has 0 aliphatic heterocycles. The predicted molar refractivity (Wildman–Crippen MR) is 50.3 cm³/mol. The van der Waals surface area contributed by atoms with E-state index in [0.29, 0.717) is 0 Å². The fourth-order valence-corrected chi connectivity index (χ4v) is 1.23. The Balaban J connectivity index is 3.05. The van der Waals surface area contributed by atoms with Gasteiger partial charge in [-0.25, -0.2) is 13.6 Å². The maximum Gasteiger partial charge on any atom is 0.394 e. The van der Waals surface area contributed by atoms with Crippen molar-refractivity contribution in [3.8, 4) is 0 Å². The largest absolute Gasteiger partial charge is 0.474 e. The van der Waals surface area contributed by atoms with Gasteiger partial charge < -0.3 is 10.4 Å². The Morgan fingerprint density at radius 2 is 1.73 bits per heavy atom. The average Bonchev–Trinajstić information content (AvgIpc) is 2.10. The molecule has 15 heavy (non-hydrogen) atoms. The lowest BCUT2D eigenvalue weighted by Crippen LogP contribution is -2.23. The molecular weight excluding hydrogens is 276 g/mol. The van der Waals surface area contributed by atoms with E-state index in [0.717, 1.165) is 12.1 Å². The second kappa shape index (κ2) is 4.35. The highest BCUT2D eigenvalue weighted by Crippen LogP contribution is 2.23. The smallest absolute Gasteiger partial charge is 0.394 e. The van der Waals surface area contributed by atoms with Crippen LogP contribution in [0.15, 0.2) is 16.6 Å². The van der Waals surface area contributed by atoms with E-state index in [1.807, 2.05) is 0 Å². The molecule has 1 aromatic rings. The molecule has 0 bridgehead atoms. The minimum atomic E-state index is -1.82. The average molecular weight is 280 g/mol. The molecule has 2 N–H and O–H groups in total. The Labute approximate surface area is 91.0 Å². The number of hydrogen-bond donors (Lipinski definition) is 2. The highest BCUT2D eigenvalue weighted by molar-refractivity contribution is 9.10. The summed E-state index contributed by atoms with van der Waals surface area (Å²) in [6.07, 6.45) is 0. The maximum atomic E-state index is 13.1. The molecule has 0 saturated carbocycles. The van der Waals surface area contributed by atoms with Gasteiger partial charge in [0.05, 0.1) is 0 Å². The Hall–Kier alpha value is -1.50. The summed E-state index contributed by atoms with van der Waals surface area (Å²) < 4.78 is 26.3. The van der Waals surface area contributed by atoms with Gasteiger partial charge in [0.1, 0.15) is 5.69 Å². The van der Waals surface area contributed by atoms with Gasteiger partial charge in [0.25, 0.3) is 0 Å². The number of hydrogen-bond acceptors (Lipinski definition) is 2. The summed E-state index contributed by atoms with van der Waals surface area (Å²) in [5, 5.41) is 9.81. The predicted octanol–water partition coefficient (Wildman–Crippen LogP) is 1.75. The first-order chi connectivity index (χ1) is 6.91. The molecule has 1 amide bonds. The molecule has 1 rings (SSSR count). The molecular formula is C8H4BrF2NO3. The number of carboxylic acid groups (broad SMARTS) is 1. The molecule has 1 aromatic carbocycles. The minimum absolute atomic E-state index is 0.144. The van der Waals surface area contributed by atoms with E-state index < -0.39 is 29.2 Å². The van der Waals surface area contributed by atoms with Gasteiger partial charge in [-0.1, -0.05) is 15.9 Å². The number of rotatable bonds is 1. The molecule has 0 aliphatic rings. The van der Waals surface area contributed by atoms with E-state index in [1.165, 1.54) is 0 Å². The summed E-state index contributed by atoms with van der Waals surface area (Å²) in [6, 6.07) is 1.81. The summed E-state index contributed by atoms with van der Waals surface area (Å²) in [5.41, 5.74) is -0.786. The van der Waals surface area contributed by atoms with Crippen molar-refractivity contribution in [2.24, 2.45) is 0 Å². The molecule has 0 saturated heterocycles. The van der Waals surface area contributed by atoms with Crippen LogP contribution >= 0.6 is 15.9 Å². The second-order valence-corrected chi connectivity index (χ2v) is 3.42. The van der Waals surface area contributed by atoms with E-state index in [2.05, 4.69) is 15.9 Å². The van der Waals surface area contributed by atoms with E-state index in [-0.39, 0.29) is 4.47 Å². The van der Waals surface area contributed by atoms with E-state index in [9.17, 15) is 18.4 Å². The Morgan fingerprint density at radius 1 is 1.27 bits per heavy atom. The van der Waals surface area contributed by atoms with Crippen LogP contribution in [0, 0.1) is 11.6 Å². The zero-order valence-electron chi connectivity index (χ0n) is 7.05. The van der Waals surface area contributed by atoms with E-state index in [4.69, 9.17) is 5.11 Å². The standard InChI is InChI=1S/C8H4BrF2NO3/c9-3-1-4(10)6(5(11)2-3)12-7(13)8(14)15/h1-2H,(H,12,13)(H,14,15). The third-order valence-electron chi connectivity index (χ3n) is 1.44. The number of halogens is 3. The van der Waals surface area contributed by atoms with Crippen molar-refractivity contribution in [2.45, 2.75) is 0 Å². The lowest BCUT2D eigenvalue weighted by Gasteiger charge is -2.05. The van der Waals surface area contributed by atoms with Crippen LogP contribution in [0.3, 0.4) is 0 Å². The van der Waals surface area contributed by atoms with Crippen molar-refractivity contribution in [2.75, 3.05) is 5.32 Å². The molecule has 0 radical (unpaired) electrons. The lowest BCUT2D eigenvalue weighted by molar-refractivity contribution is -0.147. The summed E-state index contributed by atoms with van der Waals surface area (Å²) >= 11 is 2.83. The molecule has 7 heteroatoms. The van der Waals surface area contributed by atoms with Crippen molar-refractivity contribution in [3.05, 3.63) is 28.2 Å². The van der Waals surface area contributed by atoms with Crippen molar-refractivity contribution in [1.82, 2.24) is 0 Å². The van der Waals surface area contributed by atoms with Gasteiger partial charge >= 0.3 is 11.9 Å². The monoisotopic (exact) mass is 279 g/mol. The highest BCUT2D eigenvalue weighted by Gasteiger charge is 2.17. The number of amides is 1. The summed E-state index contributed by atoms with van der Waals surface area (Å²) in [4.78, 5) is 20.8. The zero-order chi connectivity index (χ0) is 11.6. The first kappa shape index (κ1) is 11.6. The van der Waals surface area contributed by atoms with Gasteiger partial charge in [0, 0.05) is 4.47 Å². The first-order valence-electron chi connectivity index (χ1n) is 3.60. The maximum absolute atomic E-state index is 13.1. The number of aliphatic carboxylic acids is 1. The molecule has 0 unspecified atom stereocenters. The summed E-state index contributed by atoms with van der Waals surface area (Å²) in [5.74, 6) is -5.44. The number of carbonyl (C=O) groups excluding carboxylic acids is 1. The van der Waals surface area contributed by atoms with E-state index >= 15 is 0 Å². The van der Waals surface area contributed by atoms with Crippen LogP contribution in [-0.2, 0) is 9.59 Å². The third kappa shape index (κ3) is 2.72. The van der Waals surface area contributed by atoms with Crippen LogP contribution < -0.4 is 5.32 Å². The molecule has 0 heterocycles. The van der Waals surface area contributed by atoms with Crippen LogP contribution in [0.2, 0.25) is 0 Å². The fraction of sp³-hybridized carbons (Fsp3) is 0. The lowest BCUT2D eigenvalue weighted by atomic mass is 10.3. The van der Waals surface area contributed by atoms with Crippen LogP contribution in [0.4, 0.5) is 14.5 Å². The Kier molecular flexibility index (Phi) is 3.35. The molecule has 0 aliphatic carbocycles.